The van der Waals surface area contributed by atoms with Crippen LogP contribution in [0.25, 0.3) is 55.6 Å². The highest BCUT2D eigenvalue weighted by Crippen LogP contribution is 2.64. The lowest BCUT2D eigenvalue weighted by Crippen LogP contribution is -2.27. The molecule has 5 aliphatic rings. The number of nitrogens with one attached hydrogen (secondary N) is 1. The van der Waals surface area contributed by atoms with Crippen molar-refractivity contribution < 1.29 is 0 Å². The molecule has 90 heavy (non-hydrogen) atoms. The van der Waals surface area contributed by atoms with Crippen LogP contribution >= 0.6 is 0 Å². The van der Waals surface area contributed by atoms with Crippen molar-refractivity contribution >= 4 is 28.4 Å². The Bertz CT molecular complexity index is 4240. The number of anilines is 5. The van der Waals surface area contributed by atoms with Crippen molar-refractivity contribution in [2.24, 2.45) is 0 Å². The van der Waals surface area contributed by atoms with Gasteiger partial charge in [0.05, 0.1) is 5.41 Å². The molecule has 0 amide bonds. The molecule has 0 aliphatic heterocycles. The van der Waals surface area contributed by atoms with E-state index in [1.54, 1.807) is 11.1 Å². The number of hydrogen-bond acceptors (Lipinski definition) is 2. The van der Waals surface area contributed by atoms with E-state index in [-0.39, 0.29) is 10.8 Å². The third-order valence-corrected chi connectivity index (χ3v) is 22.8. The van der Waals surface area contributed by atoms with Crippen LogP contribution in [0.4, 0.5) is 28.4 Å². The van der Waals surface area contributed by atoms with E-state index in [1.807, 2.05) is 0 Å². The van der Waals surface area contributed by atoms with Crippen molar-refractivity contribution in [1.29, 1.82) is 0 Å². The van der Waals surface area contributed by atoms with Crippen LogP contribution in [0.15, 0.2) is 206 Å². The first-order chi connectivity index (χ1) is 44.2. The molecule has 0 radical (unpaired) electrons. The number of rotatable bonds is 24. The number of hydrogen-bond donors (Lipinski definition) is 1. The molecule has 0 atom stereocenters. The zero-order valence-corrected chi connectivity index (χ0v) is 54.2. The van der Waals surface area contributed by atoms with Crippen LogP contribution in [0.2, 0.25) is 0 Å². The molecule has 0 fully saturated rings. The Morgan fingerprint density at radius 3 is 1.30 bits per heavy atom. The molecular formula is C88H90N2. The fourth-order valence-corrected chi connectivity index (χ4v) is 17.0. The van der Waals surface area contributed by atoms with Gasteiger partial charge in [-0.1, -0.05) is 257 Å². The van der Waals surface area contributed by atoms with Crippen LogP contribution < -0.4 is 10.2 Å². The monoisotopic (exact) mass is 1170 g/mol. The molecule has 15 rings (SSSR count). The van der Waals surface area contributed by atoms with Gasteiger partial charge in [-0.25, -0.2) is 0 Å². The average Bonchev–Trinajstić information content (AvgIpc) is 1.51. The Labute approximate surface area is 537 Å². The smallest absolute Gasteiger partial charge is 0.0727 e. The van der Waals surface area contributed by atoms with E-state index in [0.717, 1.165) is 24.2 Å². The van der Waals surface area contributed by atoms with Crippen molar-refractivity contribution in [3.05, 3.63) is 267 Å². The second-order valence-corrected chi connectivity index (χ2v) is 27.8. The van der Waals surface area contributed by atoms with Crippen molar-refractivity contribution in [1.82, 2.24) is 0 Å². The third-order valence-electron chi connectivity index (χ3n) is 22.8. The first kappa shape index (κ1) is 58.2. The summed E-state index contributed by atoms with van der Waals surface area (Å²) < 4.78 is 0. The molecule has 2 nitrogen and oxygen atoms in total. The number of aryl methyl sites for hydroxylation is 4. The number of nitrogens with zero attached hydrogens (tertiary/aromatic N) is 1. The fourth-order valence-electron chi connectivity index (χ4n) is 17.0. The molecule has 5 aliphatic carbocycles. The summed E-state index contributed by atoms with van der Waals surface area (Å²) in [6, 6.07) is 81.5. The lowest BCUT2D eigenvalue weighted by Gasteiger charge is -2.36. The zero-order valence-electron chi connectivity index (χ0n) is 54.2. The van der Waals surface area contributed by atoms with Gasteiger partial charge in [-0.3, -0.25) is 0 Å². The summed E-state index contributed by atoms with van der Waals surface area (Å²) in [5.74, 6) is 0. The van der Waals surface area contributed by atoms with E-state index in [4.69, 9.17) is 0 Å². The molecule has 1 N–H and O–H groups in total. The minimum Gasteiger partial charge on any atom is -0.356 e. The highest BCUT2D eigenvalue weighted by Gasteiger charge is 2.52. The molecule has 10 aromatic carbocycles. The topological polar surface area (TPSA) is 15.3 Å². The van der Waals surface area contributed by atoms with E-state index in [2.05, 4.69) is 251 Å². The molecule has 452 valence electrons. The van der Waals surface area contributed by atoms with Gasteiger partial charge in [-0.15, -0.1) is 0 Å². The average molecular weight is 1180 g/mol. The van der Waals surface area contributed by atoms with Crippen molar-refractivity contribution in [3.8, 4) is 55.6 Å². The summed E-state index contributed by atoms with van der Waals surface area (Å²) in [5, 5.41) is 3.91. The molecule has 0 heterocycles. The Kier molecular flexibility index (Phi) is 15.6. The first-order valence-corrected chi connectivity index (χ1v) is 35.1. The second kappa shape index (κ2) is 24.2. The van der Waals surface area contributed by atoms with Gasteiger partial charge in [-0.05, 0) is 234 Å². The highest BCUT2D eigenvalue weighted by atomic mass is 15.1. The summed E-state index contributed by atoms with van der Waals surface area (Å²) in [6.45, 7) is 12.0. The van der Waals surface area contributed by atoms with Crippen LogP contribution in [0.1, 0.15) is 199 Å². The summed E-state index contributed by atoms with van der Waals surface area (Å²) in [6.07, 6.45) is 25.0. The number of benzene rings is 10. The van der Waals surface area contributed by atoms with Gasteiger partial charge in [-0.2, -0.15) is 0 Å². The summed E-state index contributed by atoms with van der Waals surface area (Å²) in [4.78, 5) is 2.63. The van der Waals surface area contributed by atoms with Crippen LogP contribution in [-0.4, -0.2) is 0 Å². The number of unbranched alkanes of at least 4 members (excludes halogenated alkanes) is 10. The maximum absolute atomic E-state index is 3.91. The maximum Gasteiger partial charge on any atom is 0.0727 e. The van der Waals surface area contributed by atoms with Crippen LogP contribution in [0, 0.1) is 0 Å². The minimum atomic E-state index is -0.555. The van der Waals surface area contributed by atoms with E-state index < -0.39 is 5.41 Å². The van der Waals surface area contributed by atoms with Gasteiger partial charge >= 0.3 is 0 Å². The first-order valence-electron chi connectivity index (χ1n) is 35.1. The molecular weight excluding hydrogens is 1080 g/mol. The molecule has 0 aromatic heterocycles. The van der Waals surface area contributed by atoms with E-state index in [0.29, 0.717) is 0 Å². The molecule has 10 aromatic rings. The fraction of sp³-hybridized carbons (Fsp3) is 0.318. The van der Waals surface area contributed by atoms with Gasteiger partial charge in [0.25, 0.3) is 0 Å². The molecule has 1 spiro atoms. The quantitative estimate of drug-likeness (QED) is 0.0607. The zero-order chi connectivity index (χ0) is 61.0. The SMILES string of the molecule is CCCCCCCCC1(CCCCCCCC)c2cc(N(c3ccc(-c4ccc5c(c4)CC5)cc3)c3ccc4c(c3)C3(c5ccccc5-c5ccccc53)c3cc(Nc5ccc(-c6ccc7c(c6)CC7)cc5)ccc3-4)ccc2-c2ccc(C(C)(CC)CC)cc21. The normalized spacial score (nSPS) is 14.5. The van der Waals surface area contributed by atoms with E-state index in [1.165, 1.54) is 238 Å². The van der Waals surface area contributed by atoms with E-state index in [9.17, 15) is 0 Å². The van der Waals surface area contributed by atoms with Gasteiger partial charge in [0.15, 0.2) is 0 Å². The Balaban J connectivity index is 0.884. The lowest BCUT2D eigenvalue weighted by molar-refractivity contribution is 0.395. The minimum absolute atomic E-state index is 0.0872. The Hall–Kier alpha value is -8.20. The highest BCUT2D eigenvalue weighted by molar-refractivity contribution is 5.97. The van der Waals surface area contributed by atoms with Gasteiger partial charge in [0.2, 0.25) is 0 Å². The molecule has 0 saturated carbocycles. The number of fused-ring (bicyclic) bond motifs is 15. The van der Waals surface area contributed by atoms with Gasteiger partial charge in [0, 0.05) is 33.9 Å². The lowest BCUT2D eigenvalue weighted by atomic mass is 9.69. The predicted octanol–water partition coefficient (Wildman–Crippen LogP) is 24.6. The standard InChI is InChI=1S/C88H90N2/c1-6-10-12-14-16-22-52-87(53-23-17-15-13-11-7-2)82-56-68(86(5,8-3)9-4)40-48-76(82)77-50-46-72(58-83(77)87)90(71-44-38-63(39-45-71)67-35-31-61-29-33-65(61)55-67)73-47-51-79-78-49-43-70(89-69-41-36-62(37-42-69)66-34-30-60-28-32-64(60)54-66)57-84(78)88(85(79)59-73)80-26-20-18-24-74(80)75-25-19-21-27-81(75)88/h18-21,24-27,30-31,34-51,54-59,89H,6-17,22-23,28-29,32-33,52-53H2,1-5H3. The summed E-state index contributed by atoms with van der Waals surface area (Å²) >= 11 is 0. The van der Waals surface area contributed by atoms with Crippen LogP contribution in [0.5, 0.6) is 0 Å². The molecule has 2 heteroatoms. The van der Waals surface area contributed by atoms with Crippen LogP contribution in [-0.2, 0) is 41.9 Å². The summed E-state index contributed by atoms with van der Waals surface area (Å²) in [7, 11) is 0. The third kappa shape index (κ3) is 9.89. The molecule has 0 saturated heterocycles. The van der Waals surface area contributed by atoms with Crippen molar-refractivity contribution in [2.75, 3.05) is 10.2 Å². The van der Waals surface area contributed by atoms with E-state index >= 15 is 0 Å². The second-order valence-electron chi connectivity index (χ2n) is 27.8. The van der Waals surface area contributed by atoms with Gasteiger partial charge in [0.1, 0.15) is 0 Å². The summed E-state index contributed by atoms with van der Waals surface area (Å²) in [5.41, 5.74) is 34.5. The molecule has 0 bridgehead atoms. The van der Waals surface area contributed by atoms with Gasteiger partial charge < -0.3 is 10.2 Å². The largest absolute Gasteiger partial charge is 0.356 e. The molecule has 0 unspecified atom stereocenters. The van der Waals surface area contributed by atoms with Crippen molar-refractivity contribution in [2.45, 2.75) is 179 Å². The Morgan fingerprint density at radius 2 is 0.767 bits per heavy atom. The Morgan fingerprint density at radius 1 is 0.344 bits per heavy atom. The van der Waals surface area contributed by atoms with Crippen molar-refractivity contribution in [3.63, 3.8) is 0 Å². The van der Waals surface area contributed by atoms with Crippen LogP contribution in [0.3, 0.4) is 0 Å². The maximum atomic E-state index is 3.91. The predicted molar refractivity (Wildman–Crippen MR) is 383 cm³/mol.